The standard InChI is InChI=1S/C13H21N3O3/c1-9-6-16(7-10(2)19-9)8-11-14-12(17-3)5-13(15-11)18-4/h5,9-10H,6-8H2,1-4H3. The summed E-state index contributed by atoms with van der Waals surface area (Å²) >= 11 is 0. The molecular formula is C13H21N3O3. The van der Waals surface area contributed by atoms with E-state index in [1.54, 1.807) is 20.3 Å². The van der Waals surface area contributed by atoms with Crippen LogP contribution < -0.4 is 9.47 Å². The second kappa shape index (κ2) is 6.16. The van der Waals surface area contributed by atoms with Gasteiger partial charge in [-0.3, -0.25) is 4.90 Å². The Hall–Kier alpha value is -1.40. The topological polar surface area (TPSA) is 56.7 Å². The Kier molecular flexibility index (Phi) is 4.55. The van der Waals surface area contributed by atoms with E-state index in [1.807, 2.05) is 0 Å². The van der Waals surface area contributed by atoms with Crippen molar-refractivity contribution in [2.45, 2.75) is 32.6 Å². The van der Waals surface area contributed by atoms with Gasteiger partial charge in [0.15, 0.2) is 0 Å². The predicted octanol–water partition coefficient (Wildman–Crippen LogP) is 1.10. The second-order valence-corrected chi connectivity index (χ2v) is 4.82. The maximum atomic E-state index is 5.71. The van der Waals surface area contributed by atoms with Gasteiger partial charge in [0.05, 0.1) is 39.0 Å². The van der Waals surface area contributed by atoms with Crippen molar-refractivity contribution in [1.29, 1.82) is 0 Å². The van der Waals surface area contributed by atoms with E-state index in [-0.39, 0.29) is 12.2 Å². The number of hydrogen-bond acceptors (Lipinski definition) is 6. The van der Waals surface area contributed by atoms with Crippen molar-refractivity contribution in [3.05, 3.63) is 11.9 Å². The molecule has 1 aromatic rings. The van der Waals surface area contributed by atoms with E-state index in [2.05, 4.69) is 28.7 Å². The van der Waals surface area contributed by atoms with Crippen LogP contribution in [0, 0.1) is 0 Å². The van der Waals surface area contributed by atoms with Crippen LogP contribution in [-0.4, -0.2) is 54.4 Å². The van der Waals surface area contributed by atoms with Gasteiger partial charge in [0, 0.05) is 13.1 Å². The lowest BCUT2D eigenvalue weighted by molar-refractivity contribution is -0.0711. The molecule has 0 saturated carbocycles. The van der Waals surface area contributed by atoms with Gasteiger partial charge in [-0.25, -0.2) is 0 Å². The fourth-order valence-electron chi connectivity index (χ4n) is 2.34. The van der Waals surface area contributed by atoms with E-state index in [0.29, 0.717) is 24.1 Å². The van der Waals surface area contributed by atoms with Crippen LogP contribution in [0.2, 0.25) is 0 Å². The second-order valence-electron chi connectivity index (χ2n) is 4.82. The third kappa shape index (κ3) is 3.78. The molecule has 1 aromatic heterocycles. The summed E-state index contributed by atoms with van der Waals surface area (Å²) < 4.78 is 16.0. The number of methoxy groups -OCH3 is 2. The first-order chi connectivity index (χ1) is 9.10. The molecule has 1 aliphatic heterocycles. The van der Waals surface area contributed by atoms with E-state index in [4.69, 9.17) is 14.2 Å². The van der Waals surface area contributed by atoms with Gasteiger partial charge >= 0.3 is 0 Å². The first-order valence-electron chi connectivity index (χ1n) is 6.44. The Labute approximate surface area is 113 Å². The molecule has 0 aliphatic carbocycles. The fraction of sp³-hybridized carbons (Fsp3) is 0.692. The van der Waals surface area contributed by atoms with Crippen molar-refractivity contribution in [2.75, 3.05) is 27.3 Å². The third-order valence-electron chi connectivity index (χ3n) is 3.00. The van der Waals surface area contributed by atoms with Gasteiger partial charge in [0.1, 0.15) is 5.82 Å². The first-order valence-corrected chi connectivity index (χ1v) is 6.44. The number of nitrogens with zero attached hydrogens (tertiary/aromatic N) is 3. The lowest BCUT2D eigenvalue weighted by Crippen LogP contribution is -2.45. The molecule has 106 valence electrons. The predicted molar refractivity (Wildman–Crippen MR) is 70.4 cm³/mol. The van der Waals surface area contributed by atoms with Gasteiger partial charge in [0.25, 0.3) is 0 Å². The lowest BCUT2D eigenvalue weighted by Gasteiger charge is -2.34. The van der Waals surface area contributed by atoms with Crippen molar-refractivity contribution in [3.8, 4) is 11.8 Å². The molecule has 0 radical (unpaired) electrons. The molecule has 6 heteroatoms. The normalized spacial score (nSPS) is 24.2. The lowest BCUT2D eigenvalue weighted by atomic mass is 10.2. The Morgan fingerprint density at radius 3 is 2.16 bits per heavy atom. The highest BCUT2D eigenvalue weighted by Crippen LogP contribution is 2.17. The molecule has 0 amide bonds. The van der Waals surface area contributed by atoms with Crippen LogP contribution in [0.5, 0.6) is 11.8 Å². The smallest absolute Gasteiger partial charge is 0.220 e. The van der Waals surface area contributed by atoms with Gasteiger partial charge in [-0.05, 0) is 13.8 Å². The van der Waals surface area contributed by atoms with E-state index in [9.17, 15) is 0 Å². The minimum Gasteiger partial charge on any atom is -0.481 e. The van der Waals surface area contributed by atoms with Gasteiger partial charge < -0.3 is 14.2 Å². The number of aromatic nitrogens is 2. The van der Waals surface area contributed by atoms with Gasteiger partial charge in [0.2, 0.25) is 11.8 Å². The SMILES string of the molecule is COc1cc(OC)nc(CN2CC(C)OC(C)C2)n1. The number of hydrogen-bond donors (Lipinski definition) is 0. The quantitative estimate of drug-likeness (QED) is 0.814. The van der Waals surface area contributed by atoms with Crippen molar-refractivity contribution in [1.82, 2.24) is 14.9 Å². The third-order valence-corrected chi connectivity index (χ3v) is 3.00. The average Bonchev–Trinajstić information content (AvgIpc) is 2.37. The molecule has 19 heavy (non-hydrogen) atoms. The average molecular weight is 267 g/mol. The molecule has 0 aromatic carbocycles. The van der Waals surface area contributed by atoms with Crippen molar-refractivity contribution >= 4 is 0 Å². The van der Waals surface area contributed by atoms with Crippen LogP contribution in [0.15, 0.2) is 6.07 Å². The van der Waals surface area contributed by atoms with E-state index in [1.165, 1.54) is 0 Å². The maximum Gasteiger partial charge on any atom is 0.220 e. The van der Waals surface area contributed by atoms with Crippen LogP contribution in [0.25, 0.3) is 0 Å². The zero-order valence-electron chi connectivity index (χ0n) is 11.9. The number of ether oxygens (including phenoxy) is 3. The highest BCUT2D eigenvalue weighted by atomic mass is 16.5. The highest BCUT2D eigenvalue weighted by Gasteiger charge is 2.23. The zero-order valence-corrected chi connectivity index (χ0v) is 11.9. The van der Waals surface area contributed by atoms with Gasteiger partial charge in [-0.2, -0.15) is 9.97 Å². The van der Waals surface area contributed by atoms with E-state index < -0.39 is 0 Å². The van der Waals surface area contributed by atoms with Crippen LogP contribution in [0.3, 0.4) is 0 Å². The molecule has 1 saturated heterocycles. The number of morpholine rings is 1. The largest absolute Gasteiger partial charge is 0.481 e. The summed E-state index contributed by atoms with van der Waals surface area (Å²) in [5, 5.41) is 0. The molecular weight excluding hydrogens is 246 g/mol. The van der Waals surface area contributed by atoms with Crippen LogP contribution in [0.1, 0.15) is 19.7 Å². The molecule has 0 N–H and O–H groups in total. The fourth-order valence-corrected chi connectivity index (χ4v) is 2.34. The van der Waals surface area contributed by atoms with Gasteiger partial charge in [-0.15, -0.1) is 0 Å². The molecule has 1 aliphatic rings. The molecule has 2 unspecified atom stereocenters. The maximum absolute atomic E-state index is 5.71. The minimum absolute atomic E-state index is 0.233. The highest BCUT2D eigenvalue weighted by molar-refractivity contribution is 5.20. The molecule has 0 bridgehead atoms. The van der Waals surface area contributed by atoms with Gasteiger partial charge in [-0.1, -0.05) is 0 Å². The van der Waals surface area contributed by atoms with Crippen LogP contribution in [0.4, 0.5) is 0 Å². The zero-order chi connectivity index (χ0) is 13.8. The Balaban J connectivity index is 2.09. The molecule has 2 heterocycles. The summed E-state index contributed by atoms with van der Waals surface area (Å²) in [6.07, 6.45) is 0.465. The monoisotopic (exact) mass is 267 g/mol. The molecule has 6 nitrogen and oxygen atoms in total. The molecule has 1 fully saturated rings. The number of rotatable bonds is 4. The minimum atomic E-state index is 0.233. The van der Waals surface area contributed by atoms with Crippen molar-refractivity contribution < 1.29 is 14.2 Å². The summed E-state index contributed by atoms with van der Waals surface area (Å²) in [5.41, 5.74) is 0. The Morgan fingerprint density at radius 2 is 1.68 bits per heavy atom. The first kappa shape index (κ1) is 14.0. The Morgan fingerprint density at radius 1 is 1.16 bits per heavy atom. The summed E-state index contributed by atoms with van der Waals surface area (Å²) in [7, 11) is 3.18. The van der Waals surface area contributed by atoms with Crippen molar-refractivity contribution in [3.63, 3.8) is 0 Å². The summed E-state index contributed by atoms with van der Waals surface area (Å²) in [5.74, 6) is 1.75. The summed E-state index contributed by atoms with van der Waals surface area (Å²) in [4.78, 5) is 11.0. The van der Waals surface area contributed by atoms with Crippen molar-refractivity contribution in [2.24, 2.45) is 0 Å². The Bertz CT molecular complexity index is 395. The van der Waals surface area contributed by atoms with E-state index in [0.717, 1.165) is 13.1 Å². The summed E-state index contributed by atoms with van der Waals surface area (Å²) in [6.45, 7) is 6.59. The summed E-state index contributed by atoms with van der Waals surface area (Å²) in [6, 6.07) is 1.67. The van der Waals surface area contributed by atoms with Crippen LogP contribution in [-0.2, 0) is 11.3 Å². The van der Waals surface area contributed by atoms with Crippen LogP contribution >= 0.6 is 0 Å². The van der Waals surface area contributed by atoms with E-state index >= 15 is 0 Å². The molecule has 2 atom stereocenters. The molecule has 0 spiro atoms. The molecule has 2 rings (SSSR count).